The number of nitrogens with one attached hydrogen (secondary N) is 1. The maximum absolute atomic E-state index is 14.9. The minimum absolute atomic E-state index is 0.192. The van der Waals surface area contributed by atoms with Crippen molar-refractivity contribution in [1.29, 1.82) is 0 Å². The molecule has 5 nitrogen and oxygen atoms in total. The van der Waals surface area contributed by atoms with Crippen molar-refractivity contribution in [3.8, 4) is 33.8 Å². The number of aliphatic hydroxyl groups is 1. The van der Waals surface area contributed by atoms with Crippen LogP contribution in [0.1, 0.15) is 43.6 Å². The first kappa shape index (κ1) is 22.6. The van der Waals surface area contributed by atoms with Crippen LogP contribution in [0.2, 0.25) is 0 Å². The lowest BCUT2D eigenvalue weighted by Gasteiger charge is -2.31. The van der Waals surface area contributed by atoms with Crippen LogP contribution in [-0.4, -0.2) is 31.4 Å². The van der Waals surface area contributed by atoms with Crippen LogP contribution < -0.4 is 0 Å². The third-order valence-electron chi connectivity index (χ3n) is 6.79. The molecule has 2 aliphatic rings. The van der Waals surface area contributed by atoms with Gasteiger partial charge in [0, 0.05) is 34.5 Å². The summed E-state index contributed by atoms with van der Waals surface area (Å²) in [6.45, 7) is 0. The summed E-state index contributed by atoms with van der Waals surface area (Å²) in [5.41, 5.74) is 6.32. The summed E-state index contributed by atoms with van der Waals surface area (Å²) < 4.78 is 14.9. The Morgan fingerprint density at radius 1 is 0.833 bits per heavy atom. The Balaban J connectivity index is 0.000000747. The van der Waals surface area contributed by atoms with Crippen molar-refractivity contribution in [2.24, 2.45) is 0 Å². The molecule has 2 N–H and O–H groups in total. The second kappa shape index (κ2) is 9.63. The summed E-state index contributed by atoms with van der Waals surface area (Å²) in [6, 6.07) is 20.7. The highest BCUT2D eigenvalue weighted by atomic mass is 19.1. The number of nitrogens with zero attached hydrogens (tertiary/aromatic N) is 3. The van der Waals surface area contributed by atoms with Crippen molar-refractivity contribution < 1.29 is 9.50 Å². The van der Waals surface area contributed by atoms with E-state index in [1.807, 2.05) is 36.4 Å². The first-order chi connectivity index (χ1) is 17.7. The largest absolute Gasteiger partial charge is 0.393 e. The molecule has 3 aromatic heterocycles. The highest BCUT2D eigenvalue weighted by molar-refractivity contribution is 5.98. The molecule has 36 heavy (non-hydrogen) atoms. The fourth-order valence-corrected chi connectivity index (χ4v) is 4.58. The van der Waals surface area contributed by atoms with Gasteiger partial charge in [0.25, 0.3) is 0 Å². The molecule has 0 saturated heterocycles. The molecule has 5 aromatic rings. The van der Waals surface area contributed by atoms with E-state index in [1.54, 1.807) is 24.5 Å². The Morgan fingerprint density at radius 2 is 1.61 bits per heavy atom. The fourth-order valence-electron chi connectivity index (χ4n) is 4.58. The zero-order valence-electron chi connectivity index (χ0n) is 19.9. The predicted octanol–water partition coefficient (Wildman–Crippen LogP) is 6.90. The topological polar surface area (TPSA) is 74.7 Å². The van der Waals surface area contributed by atoms with E-state index < -0.39 is 0 Å². The number of fused-ring (bicyclic) bond motifs is 1. The van der Waals surface area contributed by atoms with Gasteiger partial charge in [0.2, 0.25) is 0 Å². The molecule has 0 atom stereocenters. The lowest BCUT2D eigenvalue weighted by Crippen LogP contribution is -2.26. The van der Waals surface area contributed by atoms with Gasteiger partial charge >= 0.3 is 0 Å². The van der Waals surface area contributed by atoms with Crippen LogP contribution in [-0.2, 0) is 0 Å². The van der Waals surface area contributed by atoms with Gasteiger partial charge in [-0.3, -0.25) is 10.1 Å². The van der Waals surface area contributed by atoms with E-state index >= 15 is 0 Å². The van der Waals surface area contributed by atoms with Crippen LogP contribution in [0.4, 0.5) is 4.39 Å². The molecule has 0 spiro atoms. The van der Waals surface area contributed by atoms with E-state index in [4.69, 9.17) is 4.98 Å². The molecule has 0 aliphatic heterocycles. The van der Waals surface area contributed by atoms with Gasteiger partial charge in [0.1, 0.15) is 5.82 Å². The monoisotopic (exact) mass is 478 g/mol. The number of aromatic amines is 1. The molecule has 0 radical (unpaired) electrons. The molecule has 180 valence electrons. The van der Waals surface area contributed by atoms with E-state index in [0.29, 0.717) is 17.0 Å². The second-order valence-electron chi connectivity index (χ2n) is 9.57. The number of aliphatic hydroxyl groups excluding tert-OH is 1. The summed E-state index contributed by atoms with van der Waals surface area (Å²) in [7, 11) is 0. The summed E-state index contributed by atoms with van der Waals surface area (Å²) in [6.07, 6.45) is 9.32. The Kier molecular flexibility index (Phi) is 6.03. The molecule has 7 rings (SSSR count). The number of hydrogen-bond acceptors (Lipinski definition) is 4. The van der Waals surface area contributed by atoms with E-state index in [2.05, 4.69) is 27.3 Å². The van der Waals surface area contributed by atoms with Gasteiger partial charge in [-0.25, -0.2) is 9.37 Å². The summed E-state index contributed by atoms with van der Waals surface area (Å²) in [4.78, 5) is 9.51. The number of hydrogen-bond donors (Lipinski definition) is 2. The van der Waals surface area contributed by atoms with Gasteiger partial charge in [-0.15, -0.1) is 0 Å². The molecular weight excluding hydrogens is 451 g/mol. The van der Waals surface area contributed by atoms with Crippen LogP contribution in [0.3, 0.4) is 0 Å². The lowest BCUT2D eigenvalue weighted by molar-refractivity contribution is 0.0746. The number of H-pyrrole nitrogens is 1. The Bertz CT molecular complexity index is 1490. The highest BCUT2D eigenvalue weighted by Crippen LogP contribution is 2.40. The van der Waals surface area contributed by atoms with Crippen LogP contribution in [0.25, 0.3) is 44.7 Å². The molecule has 0 bridgehead atoms. The summed E-state index contributed by atoms with van der Waals surface area (Å²) in [5.74, 6) is 0.0969. The quantitative estimate of drug-likeness (QED) is 0.295. The first-order valence-corrected chi connectivity index (χ1v) is 12.5. The Hall–Kier alpha value is -3.90. The molecule has 0 unspecified atom stereocenters. The smallest absolute Gasteiger partial charge is 0.131 e. The second-order valence-corrected chi connectivity index (χ2v) is 9.57. The van der Waals surface area contributed by atoms with Crippen molar-refractivity contribution in [3.63, 3.8) is 0 Å². The third kappa shape index (κ3) is 4.52. The van der Waals surface area contributed by atoms with Gasteiger partial charge in [-0.1, -0.05) is 61.7 Å². The number of pyridine rings is 2. The third-order valence-corrected chi connectivity index (χ3v) is 6.79. The minimum atomic E-state index is -0.299. The number of halogens is 1. The molecule has 0 amide bonds. The summed E-state index contributed by atoms with van der Waals surface area (Å²) in [5, 5.41) is 17.5. The van der Waals surface area contributed by atoms with Crippen molar-refractivity contribution in [2.45, 2.75) is 44.1 Å². The van der Waals surface area contributed by atoms with Crippen molar-refractivity contribution in [1.82, 2.24) is 20.2 Å². The predicted molar refractivity (Wildman–Crippen MR) is 140 cm³/mol. The molecule has 3 heterocycles. The first-order valence-electron chi connectivity index (χ1n) is 12.5. The molecule has 2 aliphatic carbocycles. The molecule has 2 saturated carbocycles. The maximum atomic E-state index is 14.9. The number of benzene rings is 2. The van der Waals surface area contributed by atoms with Gasteiger partial charge in [0.15, 0.2) is 0 Å². The average molecular weight is 479 g/mol. The van der Waals surface area contributed by atoms with Crippen molar-refractivity contribution in [2.75, 3.05) is 0 Å². The van der Waals surface area contributed by atoms with Crippen LogP contribution >= 0.6 is 0 Å². The molecule has 2 fully saturated rings. The van der Waals surface area contributed by atoms with Gasteiger partial charge < -0.3 is 5.11 Å². The molecule has 2 aromatic carbocycles. The van der Waals surface area contributed by atoms with Gasteiger partial charge in [-0.2, -0.15) is 5.10 Å². The molecule has 6 heteroatoms. The van der Waals surface area contributed by atoms with Crippen LogP contribution in [0.5, 0.6) is 0 Å². The minimum Gasteiger partial charge on any atom is -0.393 e. The Labute approximate surface area is 209 Å². The number of aromatic nitrogens is 4. The Morgan fingerprint density at radius 3 is 2.28 bits per heavy atom. The van der Waals surface area contributed by atoms with Gasteiger partial charge in [0.05, 0.1) is 28.7 Å². The fraction of sp³-hybridized carbons (Fsp3) is 0.233. The zero-order valence-corrected chi connectivity index (χ0v) is 19.9. The maximum Gasteiger partial charge on any atom is 0.131 e. The SMILES string of the molecule is C1CC1.OC1CC(c2ccc(-c3nc4ccnc(-c5ccn[nH]5)c4cc3-c3ccccc3F)cc2)C1. The van der Waals surface area contributed by atoms with E-state index in [9.17, 15) is 9.50 Å². The van der Waals surface area contributed by atoms with Gasteiger partial charge in [-0.05, 0) is 48.6 Å². The van der Waals surface area contributed by atoms with E-state index in [-0.39, 0.29) is 11.9 Å². The van der Waals surface area contributed by atoms with Crippen LogP contribution in [0, 0.1) is 5.82 Å². The average Bonchev–Trinajstić information content (AvgIpc) is 3.68. The number of rotatable bonds is 4. The van der Waals surface area contributed by atoms with Crippen LogP contribution in [0.15, 0.2) is 79.1 Å². The molecular formula is C30H27FN4O. The highest BCUT2D eigenvalue weighted by Gasteiger charge is 2.28. The van der Waals surface area contributed by atoms with E-state index in [0.717, 1.165) is 46.4 Å². The summed E-state index contributed by atoms with van der Waals surface area (Å²) >= 11 is 0. The van der Waals surface area contributed by atoms with Crippen molar-refractivity contribution in [3.05, 3.63) is 90.5 Å². The normalized spacial score (nSPS) is 18.3. The van der Waals surface area contributed by atoms with E-state index in [1.165, 1.54) is 30.9 Å². The van der Waals surface area contributed by atoms with Crippen molar-refractivity contribution >= 4 is 10.9 Å². The lowest BCUT2D eigenvalue weighted by atomic mass is 9.77. The standard InChI is InChI=1S/C27H21FN4O.C3H6/c28-23-4-2-1-3-20(23)21-15-22-24(9-11-29-27(22)25-10-12-30-32-25)31-26(21)17-7-5-16(6-8-17)18-13-19(33)14-18;1-2-3-1/h1-12,15,18-19,33H,13-14H2,(H,30,32);1-3H2. The zero-order chi connectivity index (χ0) is 24.5.